The molecule has 0 aliphatic rings. The summed E-state index contributed by atoms with van der Waals surface area (Å²) in [4.78, 5) is 9.88. The molecule has 1 unspecified atom stereocenters. The van der Waals surface area contributed by atoms with Gasteiger partial charge >= 0.3 is 6.18 Å². The van der Waals surface area contributed by atoms with Gasteiger partial charge in [-0.2, -0.15) is 13.2 Å². The third-order valence-corrected chi connectivity index (χ3v) is 3.39. The molecule has 0 amide bonds. The van der Waals surface area contributed by atoms with Crippen molar-refractivity contribution in [3.8, 4) is 5.75 Å². The standard InChI is InChI=1S/C15H12F3NO4/c1-23-13-4-2-3-11(9-13)14(20,15(16,17)18)10-5-7-12(8-6-10)19(21)22/h2-9,20H,1H3. The molecular weight excluding hydrogens is 315 g/mol. The van der Waals surface area contributed by atoms with Crippen molar-refractivity contribution in [3.63, 3.8) is 0 Å². The summed E-state index contributed by atoms with van der Waals surface area (Å²) in [6.45, 7) is 0. The third-order valence-electron chi connectivity index (χ3n) is 3.39. The minimum absolute atomic E-state index is 0.145. The number of rotatable bonds is 4. The lowest BCUT2D eigenvalue weighted by Crippen LogP contribution is -2.43. The maximum atomic E-state index is 13.5. The molecule has 0 fully saturated rings. The molecule has 5 nitrogen and oxygen atoms in total. The normalized spacial score (nSPS) is 14.1. The van der Waals surface area contributed by atoms with Gasteiger partial charge in [0.15, 0.2) is 0 Å². The van der Waals surface area contributed by atoms with Crippen molar-refractivity contribution in [3.05, 3.63) is 69.8 Å². The number of hydrogen-bond acceptors (Lipinski definition) is 4. The first-order valence-electron chi connectivity index (χ1n) is 6.38. The molecule has 122 valence electrons. The van der Waals surface area contributed by atoms with E-state index in [4.69, 9.17) is 4.74 Å². The highest BCUT2D eigenvalue weighted by atomic mass is 19.4. The molecule has 0 radical (unpaired) electrons. The highest BCUT2D eigenvalue weighted by molar-refractivity contribution is 5.44. The van der Waals surface area contributed by atoms with Gasteiger partial charge in [0.25, 0.3) is 5.69 Å². The van der Waals surface area contributed by atoms with E-state index in [9.17, 15) is 28.4 Å². The van der Waals surface area contributed by atoms with Crippen LogP contribution in [0, 0.1) is 10.1 Å². The monoisotopic (exact) mass is 327 g/mol. The fourth-order valence-electron chi connectivity index (χ4n) is 2.17. The summed E-state index contributed by atoms with van der Waals surface area (Å²) in [5, 5.41) is 21.0. The molecule has 0 bridgehead atoms. The Kier molecular flexibility index (Phi) is 4.28. The van der Waals surface area contributed by atoms with Crippen LogP contribution >= 0.6 is 0 Å². The number of alkyl halides is 3. The van der Waals surface area contributed by atoms with Crippen molar-refractivity contribution in [2.24, 2.45) is 0 Å². The van der Waals surface area contributed by atoms with Gasteiger partial charge in [0, 0.05) is 17.7 Å². The zero-order chi connectivity index (χ0) is 17.3. The van der Waals surface area contributed by atoms with Gasteiger partial charge in [-0.3, -0.25) is 10.1 Å². The molecule has 0 spiro atoms. The Morgan fingerprint density at radius 2 is 1.70 bits per heavy atom. The van der Waals surface area contributed by atoms with Gasteiger partial charge in [-0.25, -0.2) is 0 Å². The first-order valence-corrected chi connectivity index (χ1v) is 6.38. The van der Waals surface area contributed by atoms with E-state index >= 15 is 0 Å². The summed E-state index contributed by atoms with van der Waals surface area (Å²) < 4.78 is 45.5. The summed E-state index contributed by atoms with van der Waals surface area (Å²) in [6.07, 6.45) is -5.03. The minimum atomic E-state index is -5.03. The second kappa shape index (κ2) is 5.88. The maximum Gasteiger partial charge on any atom is 0.425 e. The van der Waals surface area contributed by atoms with Crippen molar-refractivity contribution in [2.75, 3.05) is 7.11 Å². The summed E-state index contributed by atoms with van der Waals surface area (Å²) in [6, 6.07) is 8.51. The van der Waals surface area contributed by atoms with E-state index in [1.807, 2.05) is 0 Å². The lowest BCUT2D eigenvalue weighted by atomic mass is 9.85. The van der Waals surface area contributed by atoms with E-state index in [-0.39, 0.29) is 11.4 Å². The lowest BCUT2D eigenvalue weighted by molar-refractivity contribution is -0.384. The number of aliphatic hydroxyl groups is 1. The van der Waals surface area contributed by atoms with Gasteiger partial charge in [-0.05, 0) is 29.8 Å². The summed E-state index contributed by atoms with van der Waals surface area (Å²) in [5.74, 6) is 0.145. The van der Waals surface area contributed by atoms with Crippen molar-refractivity contribution in [1.29, 1.82) is 0 Å². The first-order chi connectivity index (χ1) is 10.7. The Labute approximate surface area is 129 Å². The number of ether oxygens (including phenoxy) is 1. The van der Waals surface area contributed by atoms with E-state index in [2.05, 4.69) is 0 Å². The lowest BCUT2D eigenvalue weighted by Gasteiger charge is -2.31. The quantitative estimate of drug-likeness (QED) is 0.690. The third kappa shape index (κ3) is 2.98. The Bertz CT molecular complexity index is 715. The molecule has 0 aliphatic heterocycles. The van der Waals surface area contributed by atoms with E-state index in [0.717, 1.165) is 36.4 Å². The molecule has 0 aliphatic carbocycles. The molecule has 8 heteroatoms. The summed E-state index contributed by atoms with van der Waals surface area (Å²) in [5.41, 5.74) is -4.65. The Morgan fingerprint density at radius 3 is 2.17 bits per heavy atom. The zero-order valence-corrected chi connectivity index (χ0v) is 11.9. The molecule has 2 aromatic rings. The van der Waals surface area contributed by atoms with Crippen LogP contribution in [0.15, 0.2) is 48.5 Å². The van der Waals surface area contributed by atoms with E-state index in [1.54, 1.807) is 0 Å². The molecule has 2 rings (SSSR count). The summed E-state index contributed by atoms with van der Waals surface area (Å²) in [7, 11) is 1.29. The molecule has 1 N–H and O–H groups in total. The average molecular weight is 327 g/mol. The number of nitro groups is 1. The van der Waals surface area contributed by atoms with Crippen LogP contribution in [-0.2, 0) is 5.60 Å². The van der Waals surface area contributed by atoms with E-state index in [0.29, 0.717) is 0 Å². The van der Waals surface area contributed by atoms with Crippen molar-refractivity contribution in [2.45, 2.75) is 11.8 Å². The minimum Gasteiger partial charge on any atom is -0.497 e. The molecule has 1 atom stereocenters. The molecular formula is C15H12F3NO4. The predicted octanol–water partition coefficient (Wildman–Crippen LogP) is 3.40. The van der Waals surface area contributed by atoms with E-state index < -0.39 is 27.8 Å². The molecule has 2 aromatic carbocycles. The average Bonchev–Trinajstić information content (AvgIpc) is 2.53. The van der Waals surface area contributed by atoms with Gasteiger partial charge in [0.05, 0.1) is 12.0 Å². The van der Waals surface area contributed by atoms with Gasteiger partial charge in [0.2, 0.25) is 5.60 Å². The number of nitrogens with zero attached hydrogens (tertiary/aromatic N) is 1. The molecule has 0 saturated heterocycles. The van der Waals surface area contributed by atoms with Gasteiger partial charge in [0.1, 0.15) is 5.75 Å². The van der Waals surface area contributed by atoms with E-state index in [1.165, 1.54) is 19.2 Å². The van der Waals surface area contributed by atoms with Crippen molar-refractivity contribution in [1.82, 2.24) is 0 Å². The highest BCUT2D eigenvalue weighted by Gasteiger charge is 2.56. The highest BCUT2D eigenvalue weighted by Crippen LogP contribution is 2.45. The Hall–Kier alpha value is -2.61. The van der Waals surface area contributed by atoms with Crippen molar-refractivity contribution < 1.29 is 27.9 Å². The molecule has 0 saturated carbocycles. The first kappa shape index (κ1) is 16.8. The van der Waals surface area contributed by atoms with Crippen LogP contribution in [0.4, 0.5) is 18.9 Å². The largest absolute Gasteiger partial charge is 0.497 e. The van der Waals surface area contributed by atoms with Gasteiger partial charge in [-0.1, -0.05) is 12.1 Å². The fourth-order valence-corrected chi connectivity index (χ4v) is 2.17. The number of methoxy groups -OCH3 is 1. The molecule has 23 heavy (non-hydrogen) atoms. The van der Waals surface area contributed by atoms with Crippen LogP contribution < -0.4 is 4.74 Å². The molecule has 0 aromatic heterocycles. The van der Waals surface area contributed by atoms with Crippen LogP contribution in [0.1, 0.15) is 11.1 Å². The van der Waals surface area contributed by atoms with Crippen LogP contribution in [0.25, 0.3) is 0 Å². The second-order valence-corrected chi connectivity index (χ2v) is 4.74. The number of nitro benzene ring substituents is 1. The van der Waals surface area contributed by atoms with Gasteiger partial charge in [-0.15, -0.1) is 0 Å². The fraction of sp³-hybridized carbons (Fsp3) is 0.200. The van der Waals surface area contributed by atoms with Crippen LogP contribution in [0.2, 0.25) is 0 Å². The summed E-state index contributed by atoms with van der Waals surface area (Å²) >= 11 is 0. The number of halogens is 3. The second-order valence-electron chi connectivity index (χ2n) is 4.74. The molecule has 0 heterocycles. The predicted molar refractivity (Wildman–Crippen MR) is 75.1 cm³/mol. The zero-order valence-electron chi connectivity index (χ0n) is 11.9. The smallest absolute Gasteiger partial charge is 0.425 e. The van der Waals surface area contributed by atoms with Crippen LogP contribution in [0.5, 0.6) is 5.75 Å². The number of hydrogen-bond donors (Lipinski definition) is 1. The topological polar surface area (TPSA) is 72.6 Å². The van der Waals surface area contributed by atoms with Gasteiger partial charge < -0.3 is 9.84 Å². The Balaban J connectivity index is 2.62. The maximum absolute atomic E-state index is 13.5. The number of benzene rings is 2. The van der Waals surface area contributed by atoms with Crippen LogP contribution in [-0.4, -0.2) is 23.3 Å². The Morgan fingerprint density at radius 1 is 1.09 bits per heavy atom. The number of non-ortho nitro benzene ring substituents is 1. The van der Waals surface area contributed by atoms with Crippen LogP contribution in [0.3, 0.4) is 0 Å². The van der Waals surface area contributed by atoms with Crippen molar-refractivity contribution >= 4 is 5.69 Å². The SMILES string of the molecule is COc1cccc(C(O)(c2ccc([N+](=O)[O-])cc2)C(F)(F)F)c1.